The highest BCUT2D eigenvalue weighted by Gasteiger charge is 2.40. The fourth-order valence-electron chi connectivity index (χ4n) is 1.85. The van der Waals surface area contributed by atoms with Crippen molar-refractivity contribution in [3.8, 4) is 11.5 Å². The van der Waals surface area contributed by atoms with Crippen molar-refractivity contribution >= 4 is 16.1 Å². The molecule has 0 aromatic heterocycles. The van der Waals surface area contributed by atoms with Crippen LogP contribution in [0.25, 0.3) is 0 Å². The summed E-state index contributed by atoms with van der Waals surface area (Å²) in [5, 5.41) is -1.33. The van der Waals surface area contributed by atoms with Crippen LogP contribution in [0.5, 0.6) is 11.5 Å². The number of carbonyl (C=O) groups is 1. The standard InChI is InChI=1S/C12H14O6S/c1-3-17-12(13)11-7-8-6-9(16-2)4-5-10(8)18-19(11,14)15/h4-6,11H,3,7H2,1-2H3. The zero-order chi connectivity index (χ0) is 14.0. The number of hydrogen-bond donors (Lipinski definition) is 0. The molecule has 1 heterocycles. The number of fused-ring (bicyclic) bond motifs is 1. The third-order valence-electron chi connectivity index (χ3n) is 2.78. The first-order chi connectivity index (χ1) is 8.97. The van der Waals surface area contributed by atoms with E-state index in [1.807, 2.05) is 0 Å². The van der Waals surface area contributed by atoms with Gasteiger partial charge in [-0.1, -0.05) is 0 Å². The van der Waals surface area contributed by atoms with Gasteiger partial charge in [-0.25, -0.2) is 0 Å². The molecular formula is C12H14O6S. The van der Waals surface area contributed by atoms with Crippen LogP contribution in [-0.4, -0.2) is 33.4 Å². The van der Waals surface area contributed by atoms with Gasteiger partial charge in [0.05, 0.1) is 13.7 Å². The first kappa shape index (κ1) is 13.7. The van der Waals surface area contributed by atoms with Gasteiger partial charge in [-0.2, -0.15) is 8.42 Å². The molecule has 1 aliphatic heterocycles. The predicted octanol–water partition coefficient (Wildman–Crippen LogP) is 0.892. The van der Waals surface area contributed by atoms with E-state index in [9.17, 15) is 13.2 Å². The fraction of sp³-hybridized carbons (Fsp3) is 0.417. The van der Waals surface area contributed by atoms with E-state index in [0.717, 1.165) is 0 Å². The van der Waals surface area contributed by atoms with Gasteiger partial charge in [0.1, 0.15) is 11.5 Å². The fourth-order valence-corrected chi connectivity index (χ4v) is 3.06. The predicted molar refractivity (Wildman–Crippen MR) is 66.7 cm³/mol. The molecule has 1 atom stereocenters. The lowest BCUT2D eigenvalue weighted by Gasteiger charge is -2.23. The van der Waals surface area contributed by atoms with Crippen molar-refractivity contribution in [1.29, 1.82) is 0 Å². The molecule has 6 nitrogen and oxygen atoms in total. The zero-order valence-corrected chi connectivity index (χ0v) is 11.4. The molecular weight excluding hydrogens is 272 g/mol. The van der Waals surface area contributed by atoms with Crippen LogP contribution in [0, 0.1) is 0 Å². The first-order valence-corrected chi connectivity index (χ1v) is 7.22. The van der Waals surface area contributed by atoms with Crippen LogP contribution in [-0.2, 0) is 26.1 Å². The summed E-state index contributed by atoms with van der Waals surface area (Å²) >= 11 is 0. The van der Waals surface area contributed by atoms with Crippen LogP contribution in [0.4, 0.5) is 0 Å². The van der Waals surface area contributed by atoms with Gasteiger partial charge in [-0.3, -0.25) is 4.79 Å². The Bertz CT molecular complexity index is 592. The highest BCUT2D eigenvalue weighted by Crippen LogP contribution is 2.32. The monoisotopic (exact) mass is 286 g/mol. The molecule has 0 saturated carbocycles. The van der Waals surface area contributed by atoms with E-state index in [0.29, 0.717) is 11.3 Å². The van der Waals surface area contributed by atoms with Crippen molar-refractivity contribution < 1.29 is 26.9 Å². The Hall–Kier alpha value is -1.76. The van der Waals surface area contributed by atoms with Crippen LogP contribution >= 0.6 is 0 Å². The quantitative estimate of drug-likeness (QED) is 0.606. The van der Waals surface area contributed by atoms with Crippen LogP contribution in [0.2, 0.25) is 0 Å². The Labute approximate surface area is 111 Å². The summed E-state index contributed by atoms with van der Waals surface area (Å²) in [7, 11) is -2.49. The number of methoxy groups -OCH3 is 1. The molecule has 104 valence electrons. The van der Waals surface area contributed by atoms with Gasteiger partial charge in [0.25, 0.3) is 0 Å². The molecule has 0 aliphatic carbocycles. The molecule has 0 saturated heterocycles. The second-order valence-corrected chi connectivity index (χ2v) is 5.72. The Morgan fingerprint density at radius 2 is 2.21 bits per heavy atom. The highest BCUT2D eigenvalue weighted by molar-refractivity contribution is 7.88. The minimum atomic E-state index is -3.99. The SMILES string of the molecule is CCOC(=O)C1Cc2cc(OC)ccc2OS1(=O)=O. The average molecular weight is 286 g/mol. The molecule has 1 aromatic rings. The lowest BCUT2D eigenvalue weighted by atomic mass is 10.1. The molecule has 7 heteroatoms. The summed E-state index contributed by atoms with van der Waals surface area (Å²) in [6.45, 7) is 1.74. The number of carbonyl (C=O) groups excluding carboxylic acids is 1. The van der Waals surface area contributed by atoms with Crippen molar-refractivity contribution in [2.24, 2.45) is 0 Å². The van der Waals surface area contributed by atoms with Gasteiger partial charge in [-0.05, 0) is 25.1 Å². The van der Waals surface area contributed by atoms with Crippen molar-refractivity contribution in [3.63, 3.8) is 0 Å². The number of esters is 1. The number of ether oxygens (including phenoxy) is 2. The van der Waals surface area contributed by atoms with Crippen LogP contribution in [0.3, 0.4) is 0 Å². The second kappa shape index (κ2) is 5.08. The summed E-state index contributed by atoms with van der Waals surface area (Å²) in [5.74, 6) is 0.00146. The Kier molecular flexibility index (Phi) is 3.66. The minimum absolute atomic E-state index is 0.0215. The number of benzene rings is 1. The highest BCUT2D eigenvalue weighted by atomic mass is 32.2. The van der Waals surface area contributed by atoms with E-state index in [-0.39, 0.29) is 18.8 Å². The average Bonchev–Trinajstić information content (AvgIpc) is 2.36. The normalized spacial score (nSPS) is 20.0. The van der Waals surface area contributed by atoms with Gasteiger partial charge < -0.3 is 13.7 Å². The van der Waals surface area contributed by atoms with Crippen LogP contribution < -0.4 is 8.92 Å². The van der Waals surface area contributed by atoms with Crippen molar-refractivity contribution in [1.82, 2.24) is 0 Å². The van der Waals surface area contributed by atoms with Gasteiger partial charge in [0, 0.05) is 12.0 Å². The summed E-state index contributed by atoms with van der Waals surface area (Å²) in [5.41, 5.74) is 0.604. The Morgan fingerprint density at radius 1 is 1.47 bits per heavy atom. The van der Waals surface area contributed by atoms with E-state index in [1.165, 1.54) is 13.2 Å². The van der Waals surface area contributed by atoms with E-state index in [4.69, 9.17) is 13.7 Å². The molecule has 2 rings (SSSR count). The van der Waals surface area contributed by atoms with Crippen LogP contribution in [0.15, 0.2) is 18.2 Å². The van der Waals surface area contributed by atoms with E-state index >= 15 is 0 Å². The Balaban J connectivity index is 2.37. The van der Waals surface area contributed by atoms with Crippen molar-refractivity contribution in [3.05, 3.63) is 23.8 Å². The first-order valence-electron chi connectivity index (χ1n) is 5.74. The third kappa shape index (κ3) is 2.65. The summed E-state index contributed by atoms with van der Waals surface area (Å²) < 4.78 is 38.5. The lowest BCUT2D eigenvalue weighted by molar-refractivity contribution is -0.142. The minimum Gasteiger partial charge on any atom is -0.497 e. The number of hydrogen-bond acceptors (Lipinski definition) is 6. The topological polar surface area (TPSA) is 78.9 Å². The maximum atomic E-state index is 11.9. The molecule has 0 bridgehead atoms. The molecule has 1 unspecified atom stereocenters. The lowest BCUT2D eigenvalue weighted by Crippen LogP contribution is -2.39. The summed E-state index contributed by atoms with van der Waals surface area (Å²) in [6.07, 6.45) is 0.0215. The number of rotatable bonds is 3. The smallest absolute Gasteiger partial charge is 0.328 e. The van der Waals surface area contributed by atoms with E-state index in [2.05, 4.69) is 0 Å². The molecule has 0 N–H and O–H groups in total. The molecule has 0 amide bonds. The van der Waals surface area contributed by atoms with Gasteiger partial charge >= 0.3 is 16.1 Å². The van der Waals surface area contributed by atoms with E-state index < -0.39 is 21.3 Å². The summed E-state index contributed by atoms with van der Waals surface area (Å²) in [4.78, 5) is 11.7. The molecule has 0 fully saturated rings. The molecule has 1 aromatic carbocycles. The van der Waals surface area contributed by atoms with Gasteiger partial charge in [-0.15, -0.1) is 0 Å². The maximum absolute atomic E-state index is 11.9. The molecule has 0 radical (unpaired) electrons. The molecule has 0 spiro atoms. The molecule has 19 heavy (non-hydrogen) atoms. The maximum Gasteiger partial charge on any atom is 0.328 e. The Morgan fingerprint density at radius 3 is 2.84 bits per heavy atom. The second-order valence-electron chi connectivity index (χ2n) is 3.99. The van der Waals surface area contributed by atoms with Crippen molar-refractivity contribution in [2.45, 2.75) is 18.6 Å². The largest absolute Gasteiger partial charge is 0.497 e. The summed E-state index contributed by atoms with van der Waals surface area (Å²) in [6, 6.07) is 4.75. The van der Waals surface area contributed by atoms with Gasteiger partial charge in [0.15, 0.2) is 5.25 Å². The van der Waals surface area contributed by atoms with Crippen molar-refractivity contribution in [2.75, 3.05) is 13.7 Å². The zero-order valence-electron chi connectivity index (χ0n) is 10.6. The molecule has 1 aliphatic rings. The van der Waals surface area contributed by atoms with Crippen LogP contribution in [0.1, 0.15) is 12.5 Å². The van der Waals surface area contributed by atoms with E-state index in [1.54, 1.807) is 19.1 Å². The van der Waals surface area contributed by atoms with Gasteiger partial charge in [0.2, 0.25) is 0 Å². The third-order valence-corrected chi connectivity index (χ3v) is 4.24.